The van der Waals surface area contributed by atoms with Gasteiger partial charge in [0.1, 0.15) is 13.2 Å². The summed E-state index contributed by atoms with van der Waals surface area (Å²) in [5.74, 6) is -0.993. The molecule has 83 heavy (non-hydrogen) atoms. The third-order valence-corrected chi connectivity index (χ3v) is 14.0. The van der Waals surface area contributed by atoms with Crippen molar-refractivity contribution >= 4 is 17.9 Å². The van der Waals surface area contributed by atoms with Crippen LogP contribution in [0, 0.1) is 0 Å². The Labute approximate surface area is 511 Å². The van der Waals surface area contributed by atoms with Crippen molar-refractivity contribution in [1.29, 1.82) is 0 Å². The Morgan fingerprint density at radius 3 is 0.795 bits per heavy atom. The zero-order chi connectivity index (χ0) is 59.9. The minimum atomic E-state index is -0.823. The van der Waals surface area contributed by atoms with Gasteiger partial charge in [-0.15, -0.1) is 0 Å². The molecule has 0 aliphatic heterocycles. The number of unbranched alkanes of at least 4 members (excludes halogenated alkanes) is 23. The van der Waals surface area contributed by atoms with Gasteiger partial charge in [0.2, 0.25) is 0 Å². The topological polar surface area (TPSA) is 78.9 Å². The largest absolute Gasteiger partial charge is 0.462 e. The van der Waals surface area contributed by atoms with Gasteiger partial charge in [0.25, 0.3) is 0 Å². The number of ether oxygens (including phenoxy) is 3. The van der Waals surface area contributed by atoms with Crippen LogP contribution in [0.3, 0.4) is 0 Å². The molecule has 0 fully saturated rings. The van der Waals surface area contributed by atoms with Crippen molar-refractivity contribution in [1.82, 2.24) is 0 Å². The molecule has 1 unspecified atom stereocenters. The molecular weight excluding hydrogens is 1020 g/mol. The van der Waals surface area contributed by atoms with E-state index in [9.17, 15) is 14.4 Å². The molecule has 0 saturated carbocycles. The van der Waals surface area contributed by atoms with Crippen LogP contribution in [0.25, 0.3) is 0 Å². The lowest BCUT2D eigenvalue weighted by atomic mass is 10.1. The van der Waals surface area contributed by atoms with Crippen molar-refractivity contribution in [2.24, 2.45) is 0 Å². The lowest BCUT2D eigenvalue weighted by Crippen LogP contribution is -2.30. The molecule has 0 saturated heterocycles. The Morgan fingerprint density at radius 2 is 0.482 bits per heavy atom. The highest BCUT2D eigenvalue weighted by atomic mass is 16.6. The highest BCUT2D eigenvalue weighted by Gasteiger charge is 2.19. The van der Waals surface area contributed by atoms with E-state index < -0.39 is 6.10 Å². The second-order valence-electron chi connectivity index (χ2n) is 22.0. The van der Waals surface area contributed by atoms with E-state index in [4.69, 9.17) is 14.2 Å². The normalized spacial score (nSPS) is 13.1. The number of rotatable bonds is 60. The maximum Gasteiger partial charge on any atom is 0.306 e. The lowest BCUT2D eigenvalue weighted by molar-refractivity contribution is -0.167. The van der Waals surface area contributed by atoms with Gasteiger partial charge >= 0.3 is 17.9 Å². The molecule has 0 N–H and O–H groups in total. The third kappa shape index (κ3) is 67.7. The Morgan fingerprint density at radius 1 is 0.253 bits per heavy atom. The van der Waals surface area contributed by atoms with E-state index in [0.29, 0.717) is 12.8 Å². The standard InChI is InChI=1S/C77H124O6/c1-4-7-10-13-16-19-22-25-28-31-34-37-38-41-43-46-49-52-55-58-61-64-67-70-76(79)82-73-74(83-77(80)71-68-65-62-59-56-53-50-47-44-40-36-33-30-27-24-21-18-15-12-9-6-3)72-81-75(78)69-66-63-60-57-54-51-48-45-42-39-35-32-29-26-23-20-17-14-11-8-5-2/h7,9-10,12,16,18-19,21,25,27-28,30,32,34-37,40-41,43,47,49-50,52,58,61,74H,4-6,8,11,13-15,17,20,22-24,26,29,31,33,38-39,42,44-46,48,51,53-57,59-60,62-73H2,1-3H3/b10-7-,12-9-,19-16-,21-18-,28-25-,30-27-,35-32-,37-34-,40-36-,43-41-,50-47-,52-49-,61-58-. The Bertz CT molecular complexity index is 1840. The first-order chi connectivity index (χ1) is 41.0. The highest BCUT2D eigenvalue weighted by molar-refractivity contribution is 5.71. The lowest BCUT2D eigenvalue weighted by Gasteiger charge is -2.18. The monoisotopic (exact) mass is 1140 g/mol. The predicted molar refractivity (Wildman–Crippen MR) is 362 cm³/mol. The maximum atomic E-state index is 13.0. The van der Waals surface area contributed by atoms with Gasteiger partial charge in [0.15, 0.2) is 6.10 Å². The Balaban J connectivity index is 4.55. The summed E-state index contributed by atoms with van der Waals surface area (Å²) in [6.45, 7) is 6.36. The second kappa shape index (κ2) is 69.5. The number of esters is 3. The van der Waals surface area contributed by atoms with Crippen molar-refractivity contribution < 1.29 is 28.6 Å². The fourth-order valence-electron chi connectivity index (χ4n) is 8.98. The summed E-state index contributed by atoms with van der Waals surface area (Å²) in [7, 11) is 0. The van der Waals surface area contributed by atoms with E-state index in [-0.39, 0.29) is 44.0 Å². The van der Waals surface area contributed by atoms with Gasteiger partial charge in [0, 0.05) is 19.3 Å². The van der Waals surface area contributed by atoms with Crippen molar-refractivity contribution in [2.45, 2.75) is 297 Å². The number of hydrogen-bond donors (Lipinski definition) is 0. The maximum absolute atomic E-state index is 13.0. The van der Waals surface area contributed by atoms with Gasteiger partial charge in [-0.1, -0.05) is 288 Å². The second-order valence-corrected chi connectivity index (χ2v) is 22.0. The van der Waals surface area contributed by atoms with Crippen LogP contribution < -0.4 is 0 Å². The minimum absolute atomic E-state index is 0.111. The zero-order valence-electron chi connectivity index (χ0n) is 53.7. The van der Waals surface area contributed by atoms with Crippen LogP contribution in [0.15, 0.2) is 158 Å². The number of hydrogen-bond acceptors (Lipinski definition) is 6. The molecular formula is C77H124O6. The van der Waals surface area contributed by atoms with Gasteiger partial charge in [-0.05, 0) is 141 Å². The zero-order valence-corrected chi connectivity index (χ0v) is 53.7. The molecule has 0 amide bonds. The molecule has 0 rings (SSSR count). The molecule has 1 atom stereocenters. The summed E-state index contributed by atoms with van der Waals surface area (Å²) < 4.78 is 16.9. The number of allylic oxidation sites excluding steroid dienone is 26. The summed E-state index contributed by atoms with van der Waals surface area (Å²) in [6.07, 6.45) is 101. The Hall–Kier alpha value is -4.97. The number of carbonyl (C=O) groups excluding carboxylic acids is 3. The third-order valence-electron chi connectivity index (χ3n) is 14.0. The van der Waals surface area contributed by atoms with Crippen LogP contribution in [0.4, 0.5) is 0 Å². The van der Waals surface area contributed by atoms with Crippen LogP contribution in [0.2, 0.25) is 0 Å². The first kappa shape index (κ1) is 78.0. The van der Waals surface area contributed by atoms with Gasteiger partial charge in [-0.3, -0.25) is 14.4 Å². The smallest absolute Gasteiger partial charge is 0.306 e. The first-order valence-corrected chi connectivity index (χ1v) is 34.0. The molecule has 468 valence electrons. The SMILES string of the molecule is CC/C=C\C/C=C\C/C=C\C/C=C\C/C=C\C/C=C\C/C=C\CCCC(=O)OCC(COC(=O)CCCCCCCCCCC/C=C\CCCCCCCCCC)OC(=O)CCCCCCC/C=C\C/C=C\C/C=C\C/C=C\C/C=C\CC. The van der Waals surface area contributed by atoms with Crippen molar-refractivity contribution in [3.63, 3.8) is 0 Å². The quantitative estimate of drug-likeness (QED) is 0.0261. The minimum Gasteiger partial charge on any atom is -0.462 e. The average molecular weight is 1150 g/mol. The summed E-state index contributed by atoms with van der Waals surface area (Å²) >= 11 is 0. The van der Waals surface area contributed by atoms with Crippen LogP contribution in [0.5, 0.6) is 0 Å². The molecule has 0 heterocycles. The number of carbonyl (C=O) groups is 3. The van der Waals surface area contributed by atoms with E-state index >= 15 is 0 Å². The van der Waals surface area contributed by atoms with E-state index in [1.807, 2.05) is 0 Å². The van der Waals surface area contributed by atoms with Crippen molar-refractivity contribution in [3.8, 4) is 0 Å². The predicted octanol–water partition coefficient (Wildman–Crippen LogP) is 23.7. The van der Waals surface area contributed by atoms with Crippen molar-refractivity contribution in [2.75, 3.05) is 13.2 Å². The summed E-state index contributed by atoms with van der Waals surface area (Å²) in [5.41, 5.74) is 0. The molecule has 0 spiro atoms. The fourth-order valence-corrected chi connectivity index (χ4v) is 8.98. The van der Waals surface area contributed by atoms with E-state index in [2.05, 4.69) is 179 Å². The summed E-state index contributed by atoms with van der Waals surface area (Å²) in [4.78, 5) is 38.4. The molecule has 0 aromatic heterocycles. The van der Waals surface area contributed by atoms with Gasteiger partial charge in [0.05, 0.1) is 0 Å². The Kier molecular flexibility index (Phi) is 65.4. The molecule has 0 aliphatic rings. The average Bonchev–Trinajstić information content (AvgIpc) is 3.49. The molecule has 6 heteroatoms. The van der Waals surface area contributed by atoms with Crippen LogP contribution in [0.1, 0.15) is 290 Å². The highest BCUT2D eigenvalue weighted by Crippen LogP contribution is 2.15. The van der Waals surface area contributed by atoms with Gasteiger partial charge in [-0.2, -0.15) is 0 Å². The molecule has 6 nitrogen and oxygen atoms in total. The molecule has 0 aromatic rings. The van der Waals surface area contributed by atoms with Gasteiger partial charge < -0.3 is 14.2 Å². The van der Waals surface area contributed by atoms with Crippen LogP contribution in [-0.2, 0) is 28.6 Å². The molecule has 0 aromatic carbocycles. The van der Waals surface area contributed by atoms with E-state index in [1.54, 1.807) is 0 Å². The van der Waals surface area contributed by atoms with E-state index in [1.165, 1.54) is 103 Å². The fraction of sp³-hybridized carbons (Fsp3) is 0.623. The van der Waals surface area contributed by atoms with Crippen LogP contribution >= 0.6 is 0 Å². The molecule has 0 bridgehead atoms. The van der Waals surface area contributed by atoms with E-state index in [0.717, 1.165) is 141 Å². The summed E-state index contributed by atoms with van der Waals surface area (Å²) in [5, 5.41) is 0. The molecule has 0 radical (unpaired) electrons. The van der Waals surface area contributed by atoms with Gasteiger partial charge in [-0.25, -0.2) is 0 Å². The van der Waals surface area contributed by atoms with Crippen molar-refractivity contribution in [3.05, 3.63) is 158 Å². The van der Waals surface area contributed by atoms with Crippen LogP contribution in [-0.4, -0.2) is 37.2 Å². The summed E-state index contributed by atoms with van der Waals surface area (Å²) in [6, 6.07) is 0. The first-order valence-electron chi connectivity index (χ1n) is 34.0. The molecule has 0 aliphatic carbocycles.